The number of hydrogen-bond donors (Lipinski definition) is 1. The van der Waals surface area contributed by atoms with E-state index in [1.165, 1.54) is 6.42 Å². The zero-order valence-corrected chi connectivity index (χ0v) is 20.7. The first-order chi connectivity index (χ1) is 16.0. The van der Waals surface area contributed by atoms with E-state index in [0.29, 0.717) is 27.9 Å². The topological polar surface area (TPSA) is 74.6 Å². The third-order valence-corrected chi connectivity index (χ3v) is 6.94. The molecule has 2 aromatic carbocycles. The van der Waals surface area contributed by atoms with E-state index in [2.05, 4.69) is 27.3 Å². The predicted molar refractivity (Wildman–Crippen MR) is 134 cm³/mol. The number of carbonyl (C=O) groups excluding carboxylic acids is 1. The molecule has 1 heterocycles. The molecule has 1 saturated heterocycles. The number of benzene rings is 2. The van der Waals surface area contributed by atoms with Gasteiger partial charge in [-0.25, -0.2) is 0 Å². The Morgan fingerprint density at radius 1 is 1.24 bits per heavy atom. The van der Waals surface area contributed by atoms with Gasteiger partial charge in [-0.1, -0.05) is 53.4 Å². The van der Waals surface area contributed by atoms with E-state index in [0.717, 1.165) is 41.3 Å². The third kappa shape index (κ3) is 5.05. The highest BCUT2D eigenvalue weighted by Gasteiger charge is 2.36. The van der Waals surface area contributed by atoms with Crippen LogP contribution in [0.5, 0.6) is 11.5 Å². The largest absolute Gasteiger partial charge is 0.493 e. The molecule has 1 N–H and O–H groups in total. The van der Waals surface area contributed by atoms with Crippen LogP contribution in [-0.4, -0.2) is 29.1 Å². The highest BCUT2D eigenvalue weighted by atomic mass is 79.9. The number of nitrogens with zero attached hydrogens (tertiary/aromatic N) is 2. The highest BCUT2D eigenvalue weighted by Crippen LogP contribution is 2.36. The van der Waals surface area contributed by atoms with Crippen LogP contribution in [0.4, 0.5) is 0 Å². The molecule has 1 saturated carbocycles. The Balaban J connectivity index is 1.55. The minimum absolute atomic E-state index is 0.0915. The van der Waals surface area contributed by atoms with Crippen LogP contribution in [0.3, 0.4) is 0 Å². The summed E-state index contributed by atoms with van der Waals surface area (Å²) >= 11 is 9.05. The second-order valence-electron chi connectivity index (χ2n) is 8.04. The number of ether oxygens (including phenoxy) is 2. The van der Waals surface area contributed by atoms with Crippen LogP contribution < -0.4 is 14.8 Å². The van der Waals surface area contributed by atoms with Crippen molar-refractivity contribution in [2.75, 3.05) is 7.11 Å². The van der Waals surface area contributed by atoms with Crippen molar-refractivity contribution >= 4 is 45.2 Å². The van der Waals surface area contributed by atoms with Crippen LogP contribution in [0.1, 0.15) is 48.8 Å². The van der Waals surface area contributed by atoms with Crippen molar-refractivity contribution in [2.24, 2.45) is 0 Å². The summed E-state index contributed by atoms with van der Waals surface area (Å²) in [5, 5.41) is 12.8. The fraction of sp³-hybridized carbons (Fsp3) is 0.320. The normalized spacial score (nSPS) is 17.7. The molecule has 0 radical (unpaired) electrons. The smallest absolute Gasteiger partial charge is 0.276 e. The molecule has 0 aromatic heterocycles. The number of methoxy groups -OCH3 is 1. The van der Waals surface area contributed by atoms with Gasteiger partial charge in [0.2, 0.25) is 0 Å². The van der Waals surface area contributed by atoms with Crippen LogP contribution in [0.15, 0.2) is 46.6 Å². The molecular formula is C25H24BrN3O3S. The molecule has 2 aliphatic rings. The van der Waals surface area contributed by atoms with E-state index < -0.39 is 0 Å². The Morgan fingerprint density at radius 3 is 2.73 bits per heavy atom. The number of halogens is 1. The summed E-state index contributed by atoms with van der Waals surface area (Å²) in [5.41, 5.74) is 2.58. The zero-order chi connectivity index (χ0) is 23.4. The SMILES string of the molecule is COc1cc(/C=C2\NC(=S)N(C3CCCCC3)C2=O)c(Br)cc1OCc1ccccc1C#N. The van der Waals surface area contributed by atoms with E-state index in [1.807, 2.05) is 24.3 Å². The summed E-state index contributed by atoms with van der Waals surface area (Å²) < 4.78 is 12.2. The molecule has 1 amide bonds. The quantitative estimate of drug-likeness (QED) is 0.407. The molecule has 0 atom stereocenters. The molecule has 33 heavy (non-hydrogen) atoms. The van der Waals surface area contributed by atoms with Crippen LogP contribution in [0.25, 0.3) is 6.08 Å². The summed E-state index contributed by atoms with van der Waals surface area (Å²) in [4.78, 5) is 14.8. The first kappa shape index (κ1) is 23.3. The second-order valence-corrected chi connectivity index (χ2v) is 9.28. The third-order valence-electron chi connectivity index (χ3n) is 5.95. The fourth-order valence-corrected chi connectivity index (χ4v) is 5.00. The molecule has 1 aliphatic heterocycles. The standard InChI is InChI=1S/C25H24BrN3O3S/c1-31-22-12-18(11-21-24(30)29(25(33)28-21)19-9-3-2-4-10-19)20(26)13-23(22)32-15-17-8-6-5-7-16(17)14-27/h5-8,11-13,19H,2-4,9-10,15H2,1H3,(H,28,33)/b21-11-. The number of nitrogens with one attached hydrogen (secondary N) is 1. The van der Waals surface area contributed by atoms with Gasteiger partial charge in [0.25, 0.3) is 5.91 Å². The highest BCUT2D eigenvalue weighted by molar-refractivity contribution is 9.10. The van der Waals surface area contributed by atoms with E-state index in [-0.39, 0.29) is 18.6 Å². The Labute approximate surface area is 207 Å². The van der Waals surface area contributed by atoms with Gasteiger partial charge in [0.15, 0.2) is 16.6 Å². The van der Waals surface area contributed by atoms with Gasteiger partial charge in [0, 0.05) is 16.1 Å². The van der Waals surface area contributed by atoms with Gasteiger partial charge in [0.1, 0.15) is 12.3 Å². The summed E-state index contributed by atoms with van der Waals surface area (Å²) in [5.74, 6) is 0.965. The first-order valence-corrected chi connectivity index (χ1v) is 12.1. The van der Waals surface area contributed by atoms with Crippen molar-refractivity contribution in [3.05, 3.63) is 63.3 Å². The predicted octanol–water partition coefficient (Wildman–Crippen LogP) is 5.30. The molecule has 6 nitrogen and oxygen atoms in total. The molecule has 0 spiro atoms. The summed E-state index contributed by atoms with van der Waals surface area (Å²) in [6.45, 7) is 0.234. The van der Waals surface area contributed by atoms with Crippen molar-refractivity contribution in [1.82, 2.24) is 10.2 Å². The molecule has 2 fully saturated rings. The molecule has 0 unspecified atom stereocenters. The molecule has 2 aromatic rings. The van der Waals surface area contributed by atoms with Gasteiger partial charge in [-0.2, -0.15) is 5.26 Å². The number of amides is 1. The van der Waals surface area contributed by atoms with E-state index in [4.69, 9.17) is 21.7 Å². The van der Waals surface area contributed by atoms with Crippen molar-refractivity contribution in [3.63, 3.8) is 0 Å². The molecule has 0 bridgehead atoms. The van der Waals surface area contributed by atoms with Crippen LogP contribution in [0.2, 0.25) is 0 Å². The van der Waals surface area contributed by atoms with Gasteiger partial charge >= 0.3 is 0 Å². The average molecular weight is 526 g/mol. The number of thiocarbonyl (C=S) groups is 1. The fourth-order valence-electron chi connectivity index (χ4n) is 4.22. The van der Waals surface area contributed by atoms with Gasteiger partial charge in [0.05, 0.1) is 18.7 Å². The maximum absolute atomic E-state index is 13.1. The lowest BCUT2D eigenvalue weighted by Gasteiger charge is -2.29. The lowest BCUT2D eigenvalue weighted by Crippen LogP contribution is -2.41. The van der Waals surface area contributed by atoms with Crippen LogP contribution in [-0.2, 0) is 11.4 Å². The minimum Gasteiger partial charge on any atom is -0.493 e. The maximum atomic E-state index is 13.1. The molecular weight excluding hydrogens is 502 g/mol. The van der Waals surface area contributed by atoms with Crippen molar-refractivity contribution in [2.45, 2.75) is 44.8 Å². The van der Waals surface area contributed by atoms with Gasteiger partial charge in [-0.3, -0.25) is 9.69 Å². The number of hydrogen-bond acceptors (Lipinski definition) is 5. The molecule has 1 aliphatic carbocycles. The van der Waals surface area contributed by atoms with Gasteiger partial charge in [-0.05, 0) is 54.9 Å². The van der Waals surface area contributed by atoms with Crippen molar-refractivity contribution in [3.8, 4) is 17.6 Å². The molecule has 8 heteroatoms. The number of rotatable bonds is 6. The Bertz CT molecular complexity index is 1150. The monoisotopic (exact) mass is 525 g/mol. The molecule has 170 valence electrons. The lowest BCUT2D eigenvalue weighted by atomic mass is 9.94. The van der Waals surface area contributed by atoms with Crippen molar-refractivity contribution in [1.29, 1.82) is 5.26 Å². The number of nitriles is 1. The van der Waals surface area contributed by atoms with E-state index in [1.54, 1.807) is 30.2 Å². The maximum Gasteiger partial charge on any atom is 0.276 e. The first-order valence-electron chi connectivity index (χ1n) is 10.9. The van der Waals surface area contributed by atoms with Crippen LogP contribution in [0, 0.1) is 11.3 Å². The Kier molecular flexibility index (Phi) is 7.31. The lowest BCUT2D eigenvalue weighted by molar-refractivity contribution is -0.124. The minimum atomic E-state index is -0.0915. The Hall–Kier alpha value is -2.89. The second kappa shape index (κ2) is 10.4. The van der Waals surface area contributed by atoms with Gasteiger partial charge < -0.3 is 14.8 Å². The number of carbonyl (C=O) groups is 1. The van der Waals surface area contributed by atoms with E-state index >= 15 is 0 Å². The summed E-state index contributed by atoms with van der Waals surface area (Å²) in [7, 11) is 1.56. The Morgan fingerprint density at radius 2 is 2.00 bits per heavy atom. The average Bonchev–Trinajstić information content (AvgIpc) is 3.12. The van der Waals surface area contributed by atoms with Crippen LogP contribution >= 0.6 is 28.1 Å². The van der Waals surface area contributed by atoms with Gasteiger partial charge in [-0.15, -0.1) is 0 Å². The zero-order valence-electron chi connectivity index (χ0n) is 18.3. The van der Waals surface area contributed by atoms with E-state index in [9.17, 15) is 10.1 Å². The van der Waals surface area contributed by atoms with Crippen molar-refractivity contribution < 1.29 is 14.3 Å². The molecule has 4 rings (SSSR count). The summed E-state index contributed by atoms with van der Waals surface area (Å²) in [6.07, 6.45) is 7.21. The summed E-state index contributed by atoms with van der Waals surface area (Å²) in [6, 6.07) is 13.3.